The Hall–Kier alpha value is -2.76. The summed E-state index contributed by atoms with van der Waals surface area (Å²) >= 11 is 0. The average molecular weight is 341 g/mol. The lowest BCUT2D eigenvalue weighted by Crippen LogP contribution is -2.46. The van der Waals surface area contributed by atoms with Gasteiger partial charge in [-0.3, -0.25) is 9.78 Å². The second-order valence-corrected chi connectivity index (χ2v) is 6.02. The third kappa shape index (κ3) is 4.86. The molecule has 1 aliphatic rings. The van der Waals surface area contributed by atoms with Gasteiger partial charge in [-0.25, -0.2) is 0 Å². The molecule has 25 heavy (non-hydrogen) atoms. The Morgan fingerprint density at radius 1 is 0.960 bits per heavy atom. The first kappa shape index (κ1) is 17.1. The van der Waals surface area contributed by atoms with Crippen LogP contribution in [0.2, 0.25) is 0 Å². The van der Waals surface area contributed by atoms with Crippen molar-refractivity contribution in [3.63, 3.8) is 0 Å². The normalized spacial score (nSPS) is 14.4. The molecule has 132 valence electrons. The van der Waals surface area contributed by atoms with Gasteiger partial charge in [0.2, 0.25) is 0 Å². The van der Waals surface area contributed by atoms with E-state index in [9.17, 15) is 4.79 Å². The van der Waals surface area contributed by atoms with Gasteiger partial charge in [0.05, 0.1) is 6.61 Å². The maximum atomic E-state index is 10.5. The molecule has 2 heterocycles. The zero-order valence-electron chi connectivity index (χ0n) is 14.2. The molecule has 1 aromatic carbocycles. The van der Waals surface area contributed by atoms with Crippen LogP contribution in [0.25, 0.3) is 0 Å². The van der Waals surface area contributed by atoms with E-state index in [2.05, 4.69) is 26.9 Å². The number of rotatable bonds is 7. The minimum atomic E-state index is -0.787. The molecule has 1 N–H and O–H groups in total. The third-order valence-electron chi connectivity index (χ3n) is 4.31. The maximum Gasteiger partial charge on any atom is 0.303 e. The Kier molecular flexibility index (Phi) is 5.72. The molecule has 2 aromatic rings. The van der Waals surface area contributed by atoms with E-state index in [1.165, 1.54) is 11.4 Å². The smallest absolute Gasteiger partial charge is 0.303 e. The fraction of sp³-hybridized carbons (Fsp3) is 0.368. The second kappa shape index (κ2) is 8.37. The number of piperazine rings is 1. The van der Waals surface area contributed by atoms with Crippen molar-refractivity contribution in [2.75, 3.05) is 42.6 Å². The van der Waals surface area contributed by atoms with Gasteiger partial charge in [-0.05, 0) is 42.8 Å². The number of ether oxygens (including phenoxy) is 1. The first-order valence-electron chi connectivity index (χ1n) is 8.57. The zero-order chi connectivity index (χ0) is 17.5. The largest absolute Gasteiger partial charge is 0.494 e. The number of carboxylic acid groups (broad SMARTS) is 1. The number of carbonyl (C=O) groups is 1. The van der Waals surface area contributed by atoms with Crippen LogP contribution in [0.1, 0.15) is 12.8 Å². The van der Waals surface area contributed by atoms with Crippen LogP contribution in [0.4, 0.5) is 11.4 Å². The van der Waals surface area contributed by atoms with Gasteiger partial charge in [0.25, 0.3) is 0 Å². The quantitative estimate of drug-likeness (QED) is 0.781. The van der Waals surface area contributed by atoms with Crippen molar-refractivity contribution in [3.8, 4) is 5.75 Å². The number of anilines is 2. The standard InChI is InChI=1S/C19H23N3O3/c23-19(24)2-1-15-25-18-5-3-16(4-6-18)21-11-13-22(14-12-21)17-7-9-20-10-8-17/h3-10H,1-2,11-15H2,(H,23,24). The number of nitrogens with zero attached hydrogens (tertiary/aromatic N) is 3. The van der Waals surface area contributed by atoms with Crippen LogP contribution < -0.4 is 14.5 Å². The van der Waals surface area contributed by atoms with E-state index in [4.69, 9.17) is 9.84 Å². The predicted octanol–water partition coefficient (Wildman–Crippen LogP) is 2.65. The van der Waals surface area contributed by atoms with E-state index >= 15 is 0 Å². The summed E-state index contributed by atoms with van der Waals surface area (Å²) in [5.41, 5.74) is 2.41. The van der Waals surface area contributed by atoms with E-state index in [-0.39, 0.29) is 6.42 Å². The Morgan fingerprint density at radius 3 is 2.08 bits per heavy atom. The van der Waals surface area contributed by atoms with Crippen LogP contribution in [0, 0.1) is 0 Å². The van der Waals surface area contributed by atoms with Gasteiger partial charge < -0.3 is 19.6 Å². The molecule has 1 saturated heterocycles. The molecule has 1 aromatic heterocycles. The number of hydrogen-bond donors (Lipinski definition) is 1. The number of aromatic nitrogens is 1. The summed E-state index contributed by atoms with van der Waals surface area (Å²) in [5.74, 6) is -0.00517. The highest BCUT2D eigenvalue weighted by molar-refractivity contribution is 5.66. The lowest BCUT2D eigenvalue weighted by molar-refractivity contribution is -0.137. The Labute approximate surface area is 147 Å². The Morgan fingerprint density at radius 2 is 1.52 bits per heavy atom. The molecule has 0 radical (unpaired) electrons. The number of hydrogen-bond acceptors (Lipinski definition) is 5. The number of aliphatic carboxylic acids is 1. The van der Waals surface area contributed by atoms with Crippen LogP contribution >= 0.6 is 0 Å². The highest BCUT2D eigenvalue weighted by Gasteiger charge is 2.17. The Bertz CT molecular complexity index is 668. The Balaban J connectivity index is 1.48. The molecule has 3 rings (SSSR count). The van der Waals surface area contributed by atoms with Crippen molar-refractivity contribution in [3.05, 3.63) is 48.8 Å². The van der Waals surface area contributed by atoms with E-state index in [0.717, 1.165) is 31.9 Å². The molecule has 0 spiro atoms. The van der Waals surface area contributed by atoms with E-state index in [1.54, 1.807) is 0 Å². The first-order valence-corrected chi connectivity index (χ1v) is 8.57. The highest BCUT2D eigenvalue weighted by atomic mass is 16.5. The molecule has 1 aliphatic heterocycles. The van der Waals surface area contributed by atoms with Crippen LogP contribution in [-0.4, -0.2) is 48.8 Å². The van der Waals surface area contributed by atoms with Crippen LogP contribution in [0.3, 0.4) is 0 Å². The first-order chi connectivity index (χ1) is 12.2. The summed E-state index contributed by atoms with van der Waals surface area (Å²) in [5, 5.41) is 8.62. The molecule has 0 atom stereocenters. The maximum absolute atomic E-state index is 10.5. The summed E-state index contributed by atoms with van der Waals surface area (Å²) in [6.45, 7) is 4.34. The van der Waals surface area contributed by atoms with Crippen molar-refractivity contribution >= 4 is 17.3 Å². The molecule has 6 nitrogen and oxygen atoms in total. The highest BCUT2D eigenvalue weighted by Crippen LogP contribution is 2.22. The van der Waals surface area contributed by atoms with Gasteiger partial charge in [0.1, 0.15) is 5.75 Å². The molecule has 0 unspecified atom stereocenters. The van der Waals surface area contributed by atoms with Crippen molar-refractivity contribution in [1.82, 2.24) is 4.98 Å². The number of benzene rings is 1. The molecule has 0 amide bonds. The topological polar surface area (TPSA) is 65.9 Å². The second-order valence-electron chi connectivity index (χ2n) is 6.02. The monoisotopic (exact) mass is 341 g/mol. The van der Waals surface area contributed by atoms with Crippen molar-refractivity contribution in [2.45, 2.75) is 12.8 Å². The average Bonchev–Trinajstić information content (AvgIpc) is 2.66. The lowest BCUT2D eigenvalue weighted by Gasteiger charge is -2.37. The third-order valence-corrected chi connectivity index (χ3v) is 4.31. The summed E-state index contributed by atoms with van der Waals surface area (Å²) in [6, 6.07) is 12.1. The fourth-order valence-corrected chi connectivity index (χ4v) is 2.94. The van der Waals surface area contributed by atoms with E-state index < -0.39 is 5.97 Å². The summed E-state index contributed by atoms with van der Waals surface area (Å²) in [6.07, 6.45) is 4.32. The molecule has 0 saturated carbocycles. The van der Waals surface area contributed by atoms with Crippen molar-refractivity contribution in [2.24, 2.45) is 0 Å². The van der Waals surface area contributed by atoms with Gasteiger partial charge >= 0.3 is 5.97 Å². The van der Waals surface area contributed by atoms with Crippen LogP contribution in [0.5, 0.6) is 5.75 Å². The lowest BCUT2D eigenvalue weighted by atomic mass is 10.2. The summed E-state index contributed by atoms with van der Waals surface area (Å²) in [7, 11) is 0. The van der Waals surface area contributed by atoms with Gasteiger partial charge in [-0.1, -0.05) is 0 Å². The zero-order valence-corrected chi connectivity index (χ0v) is 14.2. The van der Waals surface area contributed by atoms with Gasteiger partial charge in [0, 0.05) is 56.4 Å². The van der Waals surface area contributed by atoms with Gasteiger partial charge in [-0.15, -0.1) is 0 Å². The SMILES string of the molecule is O=C(O)CCCOc1ccc(N2CCN(c3ccncc3)CC2)cc1. The molecular weight excluding hydrogens is 318 g/mol. The van der Waals surface area contributed by atoms with E-state index in [1.807, 2.05) is 36.7 Å². The van der Waals surface area contributed by atoms with Crippen LogP contribution in [0.15, 0.2) is 48.8 Å². The summed E-state index contributed by atoms with van der Waals surface area (Å²) < 4.78 is 5.58. The fourth-order valence-electron chi connectivity index (χ4n) is 2.94. The molecular formula is C19H23N3O3. The van der Waals surface area contributed by atoms with Crippen LogP contribution in [-0.2, 0) is 4.79 Å². The number of pyridine rings is 1. The molecule has 6 heteroatoms. The van der Waals surface area contributed by atoms with Gasteiger partial charge in [0.15, 0.2) is 0 Å². The minimum absolute atomic E-state index is 0.139. The van der Waals surface area contributed by atoms with E-state index in [0.29, 0.717) is 13.0 Å². The summed E-state index contributed by atoms with van der Waals surface area (Å²) in [4.78, 5) is 19.3. The van der Waals surface area contributed by atoms with Gasteiger partial charge in [-0.2, -0.15) is 0 Å². The predicted molar refractivity (Wildman–Crippen MR) is 97.5 cm³/mol. The molecule has 0 bridgehead atoms. The van der Waals surface area contributed by atoms with Crippen molar-refractivity contribution in [1.29, 1.82) is 0 Å². The van der Waals surface area contributed by atoms with Crippen molar-refractivity contribution < 1.29 is 14.6 Å². The number of carboxylic acids is 1. The molecule has 1 fully saturated rings. The molecule has 0 aliphatic carbocycles. The minimum Gasteiger partial charge on any atom is -0.494 e.